The minimum atomic E-state index is -0.896. The fourth-order valence-electron chi connectivity index (χ4n) is 3.32. The molecule has 1 heterocycles. The van der Waals surface area contributed by atoms with E-state index in [1.165, 1.54) is 7.11 Å². The summed E-state index contributed by atoms with van der Waals surface area (Å²) in [6, 6.07) is 5.67. The smallest absolute Gasteiger partial charge is 0.308 e. The molecule has 0 radical (unpaired) electrons. The van der Waals surface area contributed by atoms with Crippen molar-refractivity contribution in [2.75, 3.05) is 13.7 Å². The molecule has 7 heteroatoms. The maximum Gasteiger partial charge on any atom is 0.308 e. The van der Waals surface area contributed by atoms with Gasteiger partial charge in [0, 0.05) is 12.6 Å². The molecule has 1 aliphatic heterocycles. The first-order valence-corrected chi connectivity index (χ1v) is 8.75. The van der Waals surface area contributed by atoms with Crippen LogP contribution in [0.25, 0.3) is 0 Å². The monoisotopic (exact) mass is 362 g/mol. The zero-order chi connectivity index (χ0) is 19.4. The molecule has 0 spiro atoms. The molecule has 3 unspecified atom stereocenters. The van der Waals surface area contributed by atoms with Crippen LogP contribution in [0.1, 0.15) is 37.6 Å². The van der Waals surface area contributed by atoms with Crippen molar-refractivity contribution in [3.05, 3.63) is 29.8 Å². The summed E-state index contributed by atoms with van der Waals surface area (Å²) < 4.78 is 5.20. The number of carboxylic acids is 1. The molecule has 26 heavy (non-hydrogen) atoms. The summed E-state index contributed by atoms with van der Waals surface area (Å²) in [4.78, 5) is 38.5. The first-order valence-electron chi connectivity index (χ1n) is 8.75. The number of ether oxygens (including phenoxy) is 1. The number of methoxy groups -OCH3 is 1. The lowest BCUT2D eigenvalue weighted by Gasteiger charge is -2.30. The molecule has 142 valence electrons. The van der Waals surface area contributed by atoms with Crippen molar-refractivity contribution in [3.63, 3.8) is 0 Å². The summed E-state index contributed by atoms with van der Waals surface area (Å²) in [6.45, 7) is 5.81. The van der Waals surface area contributed by atoms with Gasteiger partial charge >= 0.3 is 5.97 Å². The highest BCUT2D eigenvalue weighted by atomic mass is 16.5. The van der Waals surface area contributed by atoms with Gasteiger partial charge in [-0.1, -0.05) is 26.0 Å². The van der Waals surface area contributed by atoms with Crippen molar-refractivity contribution in [3.8, 4) is 5.75 Å². The number of carbonyl (C=O) groups is 3. The average molecular weight is 362 g/mol. The van der Waals surface area contributed by atoms with Crippen LogP contribution in [0.2, 0.25) is 0 Å². The molecular weight excluding hydrogens is 336 g/mol. The molecule has 2 amide bonds. The highest BCUT2D eigenvalue weighted by Gasteiger charge is 2.41. The molecule has 1 fully saturated rings. The highest BCUT2D eigenvalue weighted by molar-refractivity contribution is 5.99. The molecule has 0 saturated carbocycles. The normalized spacial score (nSPS) is 20.7. The van der Waals surface area contributed by atoms with E-state index in [4.69, 9.17) is 4.74 Å². The lowest BCUT2D eigenvalue weighted by molar-refractivity contribution is -0.143. The molecule has 1 aromatic carbocycles. The molecule has 0 aromatic heterocycles. The molecule has 2 rings (SSSR count). The van der Waals surface area contributed by atoms with Crippen LogP contribution >= 0.6 is 0 Å². The maximum atomic E-state index is 13.0. The number of hydrogen-bond acceptors (Lipinski definition) is 4. The molecule has 2 N–H and O–H groups in total. The van der Waals surface area contributed by atoms with Crippen LogP contribution in [0.4, 0.5) is 0 Å². The first-order chi connectivity index (χ1) is 12.3. The van der Waals surface area contributed by atoms with Gasteiger partial charge in [0.2, 0.25) is 5.91 Å². The number of nitrogens with zero attached hydrogens (tertiary/aromatic N) is 1. The van der Waals surface area contributed by atoms with Crippen LogP contribution in [0.5, 0.6) is 5.75 Å². The van der Waals surface area contributed by atoms with E-state index in [-0.39, 0.29) is 11.8 Å². The number of rotatable bonds is 6. The second-order valence-electron chi connectivity index (χ2n) is 6.90. The number of hydrogen-bond donors (Lipinski definition) is 2. The molecule has 0 bridgehead atoms. The van der Waals surface area contributed by atoms with Crippen LogP contribution in [0.3, 0.4) is 0 Å². The number of nitrogens with one attached hydrogen (secondary N) is 1. The largest absolute Gasteiger partial charge is 0.496 e. The number of carboxylic acid groups (broad SMARTS) is 1. The minimum absolute atomic E-state index is 0.141. The number of aliphatic carboxylic acids is 1. The molecule has 0 aliphatic carbocycles. The summed E-state index contributed by atoms with van der Waals surface area (Å²) in [7, 11) is 1.48. The van der Waals surface area contributed by atoms with Gasteiger partial charge < -0.3 is 20.1 Å². The van der Waals surface area contributed by atoms with Crippen LogP contribution < -0.4 is 10.1 Å². The van der Waals surface area contributed by atoms with E-state index in [1.54, 1.807) is 36.1 Å². The minimum Gasteiger partial charge on any atom is -0.496 e. The molecular formula is C19H26N2O5. The quantitative estimate of drug-likeness (QED) is 0.804. The van der Waals surface area contributed by atoms with Gasteiger partial charge in [-0.2, -0.15) is 0 Å². The third kappa shape index (κ3) is 3.98. The van der Waals surface area contributed by atoms with E-state index in [9.17, 15) is 19.5 Å². The lowest BCUT2D eigenvalue weighted by atomic mass is 10.00. The van der Waals surface area contributed by atoms with Crippen LogP contribution in [0.15, 0.2) is 24.3 Å². The summed E-state index contributed by atoms with van der Waals surface area (Å²) in [5, 5.41) is 12.1. The van der Waals surface area contributed by atoms with E-state index in [1.807, 2.05) is 13.8 Å². The van der Waals surface area contributed by atoms with Crippen molar-refractivity contribution in [2.45, 2.75) is 39.3 Å². The maximum absolute atomic E-state index is 13.0. The SMILES string of the molecule is COc1ccccc1C(=O)NC(C(=O)N1CCC(C(=O)O)C1C)C(C)C. The van der Waals surface area contributed by atoms with Crippen LogP contribution in [-0.2, 0) is 9.59 Å². The van der Waals surface area contributed by atoms with Gasteiger partial charge in [0.25, 0.3) is 5.91 Å². The fourth-order valence-corrected chi connectivity index (χ4v) is 3.32. The third-order valence-electron chi connectivity index (χ3n) is 4.93. The molecule has 1 saturated heterocycles. The number of amides is 2. The Bertz CT molecular complexity index is 688. The van der Waals surface area contributed by atoms with Gasteiger partial charge in [-0.15, -0.1) is 0 Å². The fraction of sp³-hybridized carbons (Fsp3) is 0.526. The second-order valence-corrected chi connectivity index (χ2v) is 6.90. The van der Waals surface area contributed by atoms with Gasteiger partial charge in [-0.25, -0.2) is 0 Å². The van der Waals surface area contributed by atoms with E-state index >= 15 is 0 Å². The van der Waals surface area contributed by atoms with Gasteiger partial charge in [0.05, 0.1) is 18.6 Å². The van der Waals surface area contributed by atoms with Crippen molar-refractivity contribution in [1.29, 1.82) is 0 Å². The van der Waals surface area contributed by atoms with E-state index < -0.39 is 29.9 Å². The number of carbonyl (C=O) groups excluding carboxylic acids is 2. The van der Waals surface area contributed by atoms with Crippen molar-refractivity contribution >= 4 is 17.8 Å². The van der Waals surface area contributed by atoms with Crippen molar-refractivity contribution < 1.29 is 24.2 Å². The van der Waals surface area contributed by atoms with E-state index in [0.717, 1.165) is 0 Å². The highest BCUT2D eigenvalue weighted by Crippen LogP contribution is 2.26. The second kappa shape index (κ2) is 8.21. The van der Waals surface area contributed by atoms with Gasteiger partial charge in [0.15, 0.2) is 0 Å². The van der Waals surface area contributed by atoms with Gasteiger partial charge in [0.1, 0.15) is 11.8 Å². The predicted octanol–water partition coefficient (Wildman–Crippen LogP) is 1.77. The Kier molecular flexibility index (Phi) is 6.23. The Labute approximate surface area is 153 Å². The first kappa shape index (κ1) is 19.8. The van der Waals surface area contributed by atoms with E-state index in [2.05, 4.69) is 5.32 Å². The zero-order valence-electron chi connectivity index (χ0n) is 15.6. The van der Waals surface area contributed by atoms with E-state index in [0.29, 0.717) is 24.3 Å². The summed E-state index contributed by atoms with van der Waals surface area (Å²) in [5.41, 5.74) is 0.353. The Morgan fingerprint density at radius 3 is 2.46 bits per heavy atom. The molecule has 1 aromatic rings. The Balaban J connectivity index is 2.17. The topological polar surface area (TPSA) is 95.9 Å². The Hall–Kier alpha value is -2.57. The predicted molar refractivity (Wildman–Crippen MR) is 96.0 cm³/mol. The Morgan fingerprint density at radius 2 is 1.92 bits per heavy atom. The third-order valence-corrected chi connectivity index (χ3v) is 4.93. The summed E-state index contributed by atoms with van der Waals surface area (Å²) in [5.74, 6) is -1.82. The van der Waals surface area contributed by atoms with Crippen molar-refractivity contribution in [1.82, 2.24) is 10.2 Å². The van der Waals surface area contributed by atoms with Crippen LogP contribution in [-0.4, -0.2) is 53.5 Å². The number of benzene rings is 1. The molecule has 1 aliphatic rings. The summed E-state index contributed by atoms with van der Waals surface area (Å²) >= 11 is 0. The Morgan fingerprint density at radius 1 is 1.27 bits per heavy atom. The molecule has 3 atom stereocenters. The lowest BCUT2D eigenvalue weighted by Crippen LogP contribution is -2.52. The average Bonchev–Trinajstić information content (AvgIpc) is 3.00. The number of para-hydroxylation sites is 1. The van der Waals surface area contributed by atoms with Crippen molar-refractivity contribution in [2.24, 2.45) is 11.8 Å². The van der Waals surface area contributed by atoms with Gasteiger partial charge in [-0.3, -0.25) is 14.4 Å². The zero-order valence-corrected chi connectivity index (χ0v) is 15.6. The summed E-state index contributed by atoms with van der Waals surface area (Å²) in [6.07, 6.45) is 0.424. The van der Waals surface area contributed by atoms with Crippen LogP contribution in [0, 0.1) is 11.8 Å². The standard InChI is InChI=1S/C19H26N2O5/c1-11(2)16(18(23)21-10-9-13(12(21)3)19(24)25)20-17(22)14-7-5-6-8-15(14)26-4/h5-8,11-13,16H,9-10H2,1-4H3,(H,20,22)(H,24,25). The molecule has 7 nitrogen and oxygen atoms in total. The number of likely N-dealkylation sites (tertiary alicyclic amines) is 1. The van der Waals surface area contributed by atoms with Gasteiger partial charge in [-0.05, 0) is 31.4 Å².